The van der Waals surface area contributed by atoms with Crippen molar-refractivity contribution in [2.45, 2.75) is 46.0 Å². The van der Waals surface area contributed by atoms with Gasteiger partial charge in [0.15, 0.2) is 0 Å². The standard InChI is InChI=1S/C15H20F3N3O2.C5H10O2/c1-2-23-14(22)11-8-12(15(16,17)18)10(7-13(11)19)9-21-5-3-20-4-6-21;1-5(2,3)7-4-6/h7-8,20H,2-6,9,19H2,1H3;4H,1-3H3. The average molecular weight is 433 g/mol. The first-order valence-electron chi connectivity index (χ1n) is 9.60. The number of ether oxygens (including phenoxy) is 2. The van der Waals surface area contributed by atoms with Gasteiger partial charge in [0.2, 0.25) is 0 Å². The molecule has 3 N–H and O–H groups in total. The molecule has 170 valence electrons. The van der Waals surface area contributed by atoms with Crippen molar-refractivity contribution in [1.82, 2.24) is 10.2 Å². The maximum absolute atomic E-state index is 13.3. The van der Waals surface area contributed by atoms with Crippen LogP contribution < -0.4 is 11.1 Å². The van der Waals surface area contributed by atoms with Gasteiger partial charge in [-0.15, -0.1) is 0 Å². The van der Waals surface area contributed by atoms with E-state index >= 15 is 0 Å². The summed E-state index contributed by atoms with van der Waals surface area (Å²) in [6.45, 7) is 10.5. The van der Waals surface area contributed by atoms with Gasteiger partial charge in [-0.2, -0.15) is 13.2 Å². The third kappa shape index (κ3) is 8.58. The molecule has 1 aliphatic heterocycles. The van der Waals surface area contributed by atoms with E-state index in [-0.39, 0.29) is 35.6 Å². The number of nitrogens with two attached hydrogens (primary N) is 1. The SMILES string of the molecule is CC(C)(C)OC=O.CCOC(=O)c1cc(C(F)(F)F)c(CN2CCNCC2)cc1N. The molecule has 0 unspecified atom stereocenters. The zero-order valence-electron chi connectivity index (χ0n) is 17.8. The maximum Gasteiger partial charge on any atom is 0.416 e. The first-order valence-corrected chi connectivity index (χ1v) is 9.60. The largest absolute Gasteiger partial charge is 0.462 e. The average Bonchev–Trinajstić information content (AvgIpc) is 2.61. The van der Waals surface area contributed by atoms with E-state index in [4.69, 9.17) is 10.5 Å². The van der Waals surface area contributed by atoms with Gasteiger partial charge in [-0.3, -0.25) is 9.69 Å². The van der Waals surface area contributed by atoms with E-state index < -0.39 is 17.7 Å². The Kier molecular flexibility index (Phi) is 9.57. The fraction of sp³-hybridized carbons (Fsp3) is 0.600. The summed E-state index contributed by atoms with van der Waals surface area (Å²) in [5.74, 6) is -0.843. The Hall–Kier alpha value is -2.33. The second kappa shape index (κ2) is 11.2. The molecule has 1 aromatic carbocycles. The predicted molar refractivity (Wildman–Crippen MR) is 107 cm³/mol. The summed E-state index contributed by atoms with van der Waals surface area (Å²) in [6, 6.07) is 2.03. The number of nitrogen functional groups attached to an aromatic ring is 1. The molecule has 1 aromatic rings. The lowest BCUT2D eigenvalue weighted by atomic mass is 10.0. The van der Waals surface area contributed by atoms with Gasteiger partial charge in [-0.05, 0) is 45.4 Å². The molecule has 0 bridgehead atoms. The molecule has 0 radical (unpaired) electrons. The van der Waals surface area contributed by atoms with E-state index in [1.54, 1.807) is 6.92 Å². The lowest BCUT2D eigenvalue weighted by molar-refractivity contribution is -0.139. The molecule has 0 saturated carbocycles. The lowest BCUT2D eigenvalue weighted by Crippen LogP contribution is -2.43. The van der Waals surface area contributed by atoms with Crippen molar-refractivity contribution < 1.29 is 32.2 Å². The molecular formula is C20H30F3N3O4. The highest BCUT2D eigenvalue weighted by Crippen LogP contribution is 2.35. The number of nitrogens with one attached hydrogen (secondary N) is 1. The van der Waals surface area contributed by atoms with Crippen molar-refractivity contribution >= 4 is 18.1 Å². The fourth-order valence-electron chi connectivity index (χ4n) is 2.70. The van der Waals surface area contributed by atoms with Crippen LogP contribution in [0.15, 0.2) is 12.1 Å². The Morgan fingerprint density at radius 1 is 1.23 bits per heavy atom. The van der Waals surface area contributed by atoms with Gasteiger partial charge >= 0.3 is 12.1 Å². The van der Waals surface area contributed by atoms with Crippen molar-refractivity contribution in [3.8, 4) is 0 Å². The number of esters is 1. The molecule has 7 nitrogen and oxygen atoms in total. The van der Waals surface area contributed by atoms with Crippen LogP contribution in [0.4, 0.5) is 18.9 Å². The zero-order valence-corrected chi connectivity index (χ0v) is 17.8. The molecule has 1 aliphatic rings. The Balaban J connectivity index is 0.000000553. The van der Waals surface area contributed by atoms with E-state index in [0.717, 1.165) is 19.2 Å². The molecule has 30 heavy (non-hydrogen) atoms. The normalized spacial score (nSPS) is 15.0. The van der Waals surface area contributed by atoms with Gasteiger partial charge in [0, 0.05) is 38.4 Å². The summed E-state index contributed by atoms with van der Waals surface area (Å²) in [5.41, 5.74) is 4.44. The third-order valence-corrected chi connectivity index (χ3v) is 4.08. The summed E-state index contributed by atoms with van der Waals surface area (Å²) in [7, 11) is 0. The van der Waals surface area contributed by atoms with Crippen molar-refractivity contribution in [3.63, 3.8) is 0 Å². The Bertz CT molecular complexity index is 712. The van der Waals surface area contributed by atoms with Crippen molar-refractivity contribution in [2.24, 2.45) is 0 Å². The minimum atomic E-state index is -4.56. The topological polar surface area (TPSA) is 93.9 Å². The molecule has 0 spiro atoms. The Morgan fingerprint density at radius 2 is 1.83 bits per heavy atom. The fourth-order valence-corrected chi connectivity index (χ4v) is 2.70. The summed E-state index contributed by atoms with van der Waals surface area (Å²) < 4.78 is 49.3. The molecule has 2 rings (SSSR count). The molecule has 10 heteroatoms. The Morgan fingerprint density at radius 3 is 2.27 bits per heavy atom. The molecule has 1 heterocycles. The molecule has 0 atom stereocenters. The van der Waals surface area contributed by atoms with Crippen molar-refractivity contribution in [2.75, 3.05) is 38.5 Å². The van der Waals surface area contributed by atoms with Crippen LogP contribution in [0.2, 0.25) is 0 Å². The second-order valence-electron chi connectivity index (χ2n) is 7.67. The monoisotopic (exact) mass is 433 g/mol. The highest BCUT2D eigenvalue weighted by Gasteiger charge is 2.35. The maximum atomic E-state index is 13.3. The van der Waals surface area contributed by atoms with Crippen LogP contribution in [0.3, 0.4) is 0 Å². The van der Waals surface area contributed by atoms with E-state index in [1.807, 2.05) is 25.7 Å². The van der Waals surface area contributed by atoms with Crippen LogP contribution in [0, 0.1) is 0 Å². The van der Waals surface area contributed by atoms with Crippen LogP contribution in [0.1, 0.15) is 49.2 Å². The molecule has 0 amide bonds. The second-order valence-corrected chi connectivity index (χ2v) is 7.67. The smallest absolute Gasteiger partial charge is 0.416 e. The number of carbonyl (C=O) groups is 2. The number of rotatable bonds is 5. The van der Waals surface area contributed by atoms with Gasteiger partial charge in [-0.25, -0.2) is 4.79 Å². The van der Waals surface area contributed by atoms with Crippen molar-refractivity contribution in [1.29, 1.82) is 0 Å². The molecule has 0 aliphatic carbocycles. The van der Waals surface area contributed by atoms with Crippen LogP contribution in [0.25, 0.3) is 0 Å². The third-order valence-electron chi connectivity index (χ3n) is 4.08. The number of nitrogens with zero attached hydrogens (tertiary/aromatic N) is 1. The van der Waals surface area contributed by atoms with Gasteiger partial charge < -0.3 is 20.5 Å². The highest BCUT2D eigenvalue weighted by atomic mass is 19.4. The quantitative estimate of drug-likeness (QED) is 0.419. The minimum absolute atomic E-state index is 0.00147. The number of anilines is 1. The van der Waals surface area contributed by atoms with Crippen molar-refractivity contribution in [3.05, 3.63) is 28.8 Å². The number of benzene rings is 1. The number of hydrogen-bond acceptors (Lipinski definition) is 7. The number of carbonyl (C=O) groups excluding carboxylic acids is 2. The number of halogens is 3. The first-order chi connectivity index (χ1) is 13.9. The van der Waals surface area contributed by atoms with Crippen LogP contribution in [0.5, 0.6) is 0 Å². The predicted octanol–water partition coefficient (Wildman–Crippen LogP) is 2.83. The van der Waals surface area contributed by atoms with E-state index in [2.05, 4.69) is 10.1 Å². The van der Waals surface area contributed by atoms with Gasteiger partial charge in [0.25, 0.3) is 6.47 Å². The Labute approximate surface area is 174 Å². The molecule has 1 saturated heterocycles. The summed E-state index contributed by atoms with van der Waals surface area (Å²) in [4.78, 5) is 23.3. The minimum Gasteiger partial charge on any atom is -0.462 e. The molecule has 0 aromatic heterocycles. The lowest BCUT2D eigenvalue weighted by Gasteiger charge is -2.28. The van der Waals surface area contributed by atoms with Crippen LogP contribution in [-0.4, -0.2) is 55.7 Å². The first kappa shape index (κ1) is 25.7. The number of alkyl halides is 3. The summed E-state index contributed by atoms with van der Waals surface area (Å²) in [6.07, 6.45) is -4.56. The molecule has 1 fully saturated rings. The van der Waals surface area contributed by atoms with Crippen LogP contribution >= 0.6 is 0 Å². The summed E-state index contributed by atoms with van der Waals surface area (Å²) in [5, 5.41) is 3.15. The zero-order chi connectivity index (χ0) is 22.9. The summed E-state index contributed by atoms with van der Waals surface area (Å²) >= 11 is 0. The number of hydrogen-bond donors (Lipinski definition) is 2. The number of piperazine rings is 1. The van der Waals surface area contributed by atoms with Gasteiger partial charge in [-0.1, -0.05) is 0 Å². The highest BCUT2D eigenvalue weighted by molar-refractivity contribution is 5.95. The van der Waals surface area contributed by atoms with Crippen LogP contribution in [-0.2, 0) is 27.0 Å². The van der Waals surface area contributed by atoms with Gasteiger partial charge in [0.05, 0.1) is 17.7 Å². The van der Waals surface area contributed by atoms with E-state index in [0.29, 0.717) is 19.6 Å². The molecular weight excluding hydrogens is 403 g/mol. The van der Waals surface area contributed by atoms with E-state index in [1.165, 1.54) is 6.07 Å². The van der Waals surface area contributed by atoms with Gasteiger partial charge in [0.1, 0.15) is 5.60 Å². The van der Waals surface area contributed by atoms with E-state index in [9.17, 15) is 22.8 Å².